The van der Waals surface area contributed by atoms with Gasteiger partial charge in [0.25, 0.3) is 10.0 Å². The summed E-state index contributed by atoms with van der Waals surface area (Å²) in [6.07, 6.45) is 0. The van der Waals surface area contributed by atoms with E-state index in [-0.39, 0.29) is 18.1 Å². The second kappa shape index (κ2) is 5.12. The lowest BCUT2D eigenvalue weighted by Gasteiger charge is -2.24. The Morgan fingerprint density at radius 2 is 1.88 bits per heavy atom. The number of halogens is 1. The molecule has 0 bridgehead atoms. The zero-order valence-corrected chi connectivity index (χ0v) is 10.6. The van der Waals surface area contributed by atoms with Gasteiger partial charge in [-0.05, 0) is 5.92 Å². The van der Waals surface area contributed by atoms with Gasteiger partial charge < -0.3 is 4.74 Å². The largest absolute Gasteiger partial charge is 0.351 e. The molecule has 0 fully saturated rings. The van der Waals surface area contributed by atoms with E-state index in [1.54, 1.807) is 19.9 Å². The Kier molecular flexibility index (Phi) is 4.24. The molecule has 4 nitrogen and oxygen atoms in total. The molecule has 1 unspecified atom stereocenters. The summed E-state index contributed by atoms with van der Waals surface area (Å²) in [7, 11) is -4.50. The quantitative estimate of drug-likeness (QED) is 0.877. The van der Waals surface area contributed by atoms with Gasteiger partial charge in [-0.15, -0.1) is 0 Å². The zero-order valence-electron chi connectivity index (χ0n) is 9.76. The summed E-state index contributed by atoms with van der Waals surface area (Å²) in [5, 5.41) is 1.92. The van der Waals surface area contributed by atoms with Crippen molar-refractivity contribution >= 4 is 10.0 Å². The van der Waals surface area contributed by atoms with Gasteiger partial charge in [-0.2, -0.15) is 4.39 Å². The summed E-state index contributed by atoms with van der Waals surface area (Å²) < 4.78 is 42.0. The van der Waals surface area contributed by atoms with Crippen LogP contribution in [0.4, 0.5) is 4.39 Å². The van der Waals surface area contributed by atoms with E-state index in [0.717, 1.165) is 0 Å². The molecule has 96 valence electrons. The van der Waals surface area contributed by atoms with Crippen molar-refractivity contribution in [2.24, 2.45) is 11.1 Å². The second-order valence-electron chi connectivity index (χ2n) is 4.15. The van der Waals surface area contributed by atoms with Crippen molar-refractivity contribution in [2.45, 2.75) is 19.0 Å². The van der Waals surface area contributed by atoms with Crippen LogP contribution in [-0.2, 0) is 19.9 Å². The van der Waals surface area contributed by atoms with Crippen LogP contribution in [0.3, 0.4) is 0 Å². The molecular weight excluding hydrogens is 245 g/mol. The summed E-state index contributed by atoms with van der Waals surface area (Å²) in [4.78, 5) is 0. The summed E-state index contributed by atoms with van der Waals surface area (Å²) in [6.45, 7) is 3.53. The molecular formula is C11H16FNO3S. The van der Waals surface area contributed by atoms with Crippen molar-refractivity contribution < 1.29 is 17.5 Å². The Hall–Kier alpha value is -0.980. The van der Waals surface area contributed by atoms with Gasteiger partial charge in [-0.3, -0.25) is 0 Å². The zero-order chi connectivity index (χ0) is 13.1. The van der Waals surface area contributed by atoms with E-state index >= 15 is 0 Å². The first-order valence-corrected chi connectivity index (χ1v) is 6.72. The first-order chi connectivity index (χ1) is 7.77. The van der Waals surface area contributed by atoms with Crippen LogP contribution in [-0.4, -0.2) is 15.0 Å². The van der Waals surface area contributed by atoms with Crippen LogP contribution in [0.25, 0.3) is 0 Å². The smallest absolute Gasteiger partial charge is 0.329 e. The van der Waals surface area contributed by atoms with Crippen LogP contribution in [0.2, 0.25) is 0 Å². The van der Waals surface area contributed by atoms with E-state index in [0.29, 0.717) is 0 Å². The monoisotopic (exact) mass is 261 g/mol. The number of alkyl halides is 1. The molecule has 2 N–H and O–H groups in total. The Morgan fingerprint density at radius 3 is 2.29 bits per heavy atom. The number of hydrogen-bond donors (Lipinski definition) is 1. The summed E-state index contributed by atoms with van der Waals surface area (Å²) in [5.74, 6) is -0.00409. The number of benzene rings is 1. The maximum Gasteiger partial charge on any atom is 0.351 e. The van der Waals surface area contributed by atoms with Gasteiger partial charge >= 0.3 is 5.19 Å². The minimum absolute atomic E-state index is 0.00409. The Balaban J connectivity index is 3.12. The lowest BCUT2D eigenvalue weighted by molar-refractivity contribution is -0.0923. The maximum absolute atomic E-state index is 14.5. The average Bonchev–Trinajstić information content (AvgIpc) is 2.25. The van der Waals surface area contributed by atoms with Crippen molar-refractivity contribution in [3.05, 3.63) is 35.9 Å². The first kappa shape index (κ1) is 14.1. The molecule has 0 radical (unpaired) electrons. The van der Waals surface area contributed by atoms with Crippen molar-refractivity contribution in [1.82, 2.24) is 0 Å². The minimum atomic E-state index is -4.50. The molecule has 1 aromatic carbocycles. The number of primary sulfonamides is 1. The van der Waals surface area contributed by atoms with Gasteiger partial charge in [0.15, 0.2) is 0 Å². The molecule has 0 aliphatic heterocycles. The third-order valence-corrected chi connectivity index (χ3v) is 3.17. The predicted octanol–water partition coefficient (Wildman–Crippen LogP) is 1.73. The topological polar surface area (TPSA) is 69.4 Å². The number of rotatable bonds is 5. The lowest BCUT2D eigenvalue weighted by atomic mass is 10.2. The highest BCUT2D eigenvalue weighted by molar-refractivity contribution is 7.89. The SMILES string of the molecule is CC(C)COC(F)(c1ccccc1)S(N)(=O)=O. The van der Waals surface area contributed by atoms with E-state index < -0.39 is 15.2 Å². The van der Waals surface area contributed by atoms with Crippen molar-refractivity contribution in [3.8, 4) is 0 Å². The van der Waals surface area contributed by atoms with Crippen molar-refractivity contribution in [3.63, 3.8) is 0 Å². The van der Waals surface area contributed by atoms with E-state index in [4.69, 9.17) is 9.88 Å². The average molecular weight is 261 g/mol. The standard InChI is InChI=1S/C11H16FNO3S/c1-9(2)8-16-11(12,17(13,14)15)10-6-4-3-5-7-10/h3-7,9H,8H2,1-2H3,(H2,13,14,15). The van der Waals surface area contributed by atoms with Crippen LogP contribution in [0.1, 0.15) is 19.4 Å². The summed E-state index contributed by atoms with van der Waals surface area (Å²) in [5.41, 5.74) is -0.122. The molecule has 0 aliphatic rings. The predicted molar refractivity (Wildman–Crippen MR) is 63.1 cm³/mol. The van der Waals surface area contributed by atoms with Crippen LogP contribution in [0.5, 0.6) is 0 Å². The summed E-state index contributed by atoms with van der Waals surface area (Å²) in [6, 6.07) is 7.34. The molecule has 1 rings (SSSR count). The third-order valence-electron chi connectivity index (χ3n) is 2.09. The Labute approximate surface area is 101 Å². The highest BCUT2D eigenvalue weighted by Gasteiger charge is 2.45. The first-order valence-electron chi connectivity index (χ1n) is 5.18. The molecule has 0 saturated carbocycles. The van der Waals surface area contributed by atoms with E-state index in [9.17, 15) is 12.8 Å². The van der Waals surface area contributed by atoms with E-state index in [1.165, 1.54) is 24.3 Å². The van der Waals surface area contributed by atoms with Crippen molar-refractivity contribution in [2.75, 3.05) is 6.61 Å². The molecule has 0 heterocycles. The number of nitrogens with two attached hydrogens (primary N) is 1. The number of ether oxygens (including phenoxy) is 1. The van der Waals surface area contributed by atoms with E-state index in [1.807, 2.05) is 0 Å². The fourth-order valence-corrected chi connectivity index (χ4v) is 1.94. The molecule has 0 saturated heterocycles. The fraction of sp³-hybridized carbons (Fsp3) is 0.455. The molecule has 6 heteroatoms. The van der Waals surface area contributed by atoms with E-state index in [2.05, 4.69) is 0 Å². The highest BCUT2D eigenvalue weighted by atomic mass is 32.2. The molecule has 0 aliphatic carbocycles. The number of hydrogen-bond acceptors (Lipinski definition) is 3. The van der Waals surface area contributed by atoms with Crippen LogP contribution in [0, 0.1) is 5.92 Å². The van der Waals surface area contributed by atoms with Gasteiger partial charge in [0.2, 0.25) is 0 Å². The van der Waals surface area contributed by atoms with Gasteiger partial charge in [0.1, 0.15) is 0 Å². The Morgan fingerprint density at radius 1 is 1.35 bits per heavy atom. The Bertz CT molecular complexity index is 461. The normalized spacial score (nSPS) is 15.8. The van der Waals surface area contributed by atoms with Crippen LogP contribution < -0.4 is 5.14 Å². The molecule has 1 aromatic rings. The number of sulfonamides is 1. The molecule has 0 amide bonds. The minimum Gasteiger partial charge on any atom is -0.329 e. The van der Waals surface area contributed by atoms with Crippen LogP contribution >= 0.6 is 0 Å². The maximum atomic E-state index is 14.5. The van der Waals surface area contributed by atoms with Gasteiger partial charge in [0, 0.05) is 5.56 Å². The van der Waals surface area contributed by atoms with Crippen molar-refractivity contribution in [1.29, 1.82) is 0 Å². The van der Waals surface area contributed by atoms with Gasteiger partial charge in [0.05, 0.1) is 6.61 Å². The second-order valence-corrected chi connectivity index (χ2v) is 5.77. The molecule has 17 heavy (non-hydrogen) atoms. The lowest BCUT2D eigenvalue weighted by Crippen LogP contribution is -2.40. The third kappa shape index (κ3) is 3.24. The van der Waals surface area contributed by atoms with Gasteiger partial charge in [-0.1, -0.05) is 44.2 Å². The molecule has 0 aromatic heterocycles. The molecule has 1 atom stereocenters. The van der Waals surface area contributed by atoms with Gasteiger partial charge in [-0.25, -0.2) is 13.6 Å². The fourth-order valence-electron chi connectivity index (χ4n) is 1.24. The molecule has 0 spiro atoms. The summed E-state index contributed by atoms with van der Waals surface area (Å²) >= 11 is 0. The highest BCUT2D eigenvalue weighted by Crippen LogP contribution is 2.32. The van der Waals surface area contributed by atoms with Crippen LogP contribution in [0.15, 0.2) is 30.3 Å².